The Morgan fingerprint density at radius 1 is 1.20 bits per heavy atom. The van der Waals surface area contributed by atoms with E-state index in [1.165, 1.54) is 36.7 Å². The maximum atomic E-state index is 12.1. The molecule has 7 heteroatoms. The molecule has 2 N–H and O–H groups in total. The molecule has 1 aromatic heterocycles. The van der Waals surface area contributed by atoms with Gasteiger partial charge in [0.15, 0.2) is 6.10 Å². The predicted molar refractivity (Wildman–Crippen MR) is 71.6 cm³/mol. The van der Waals surface area contributed by atoms with Gasteiger partial charge in [0.05, 0.1) is 5.30 Å². The summed E-state index contributed by atoms with van der Waals surface area (Å²) < 4.78 is 17.1. The lowest BCUT2D eigenvalue weighted by Gasteiger charge is -2.18. The molecule has 1 aromatic carbocycles. The van der Waals surface area contributed by atoms with Gasteiger partial charge in [0, 0.05) is 12.4 Å². The number of pyridine rings is 1. The van der Waals surface area contributed by atoms with Gasteiger partial charge in [-0.05, 0) is 17.7 Å². The zero-order valence-electron chi connectivity index (χ0n) is 10.3. The van der Waals surface area contributed by atoms with E-state index in [9.17, 15) is 14.3 Å². The van der Waals surface area contributed by atoms with Crippen LogP contribution in [0.2, 0.25) is 0 Å². The van der Waals surface area contributed by atoms with Crippen LogP contribution in [0.3, 0.4) is 0 Å². The molecular weight excluding hydrogens is 281 g/mol. The number of rotatable bonds is 5. The standard InChI is InChI=1S/C13H12NO5P/c15-13(16)12(10-5-2-1-3-6-10)19-20(17,18)11-7-4-8-14-9-11/h1-9,12H,(H,15,16)(H,17,18). The number of carboxylic acid groups (broad SMARTS) is 1. The van der Waals surface area contributed by atoms with Crippen molar-refractivity contribution in [2.75, 3.05) is 0 Å². The Labute approximate surface area is 115 Å². The molecule has 0 aliphatic heterocycles. The van der Waals surface area contributed by atoms with Crippen molar-refractivity contribution in [3.63, 3.8) is 0 Å². The summed E-state index contributed by atoms with van der Waals surface area (Å²) in [4.78, 5) is 24.8. The minimum Gasteiger partial charge on any atom is -0.479 e. The smallest absolute Gasteiger partial charge is 0.361 e. The van der Waals surface area contributed by atoms with E-state index in [2.05, 4.69) is 4.98 Å². The summed E-state index contributed by atoms with van der Waals surface area (Å²) in [5.41, 5.74) is 0.290. The lowest BCUT2D eigenvalue weighted by Crippen LogP contribution is -2.18. The number of aliphatic carboxylic acids is 1. The third-order valence-corrected chi connectivity index (χ3v) is 3.96. The predicted octanol–water partition coefficient (Wildman–Crippen LogP) is 1.73. The number of aromatic nitrogens is 1. The van der Waals surface area contributed by atoms with Crippen molar-refractivity contribution in [3.05, 3.63) is 60.4 Å². The summed E-state index contributed by atoms with van der Waals surface area (Å²) in [5, 5.41) is 9.11. The van der Waals surface area contributed by atoms with Crippen LogP contribution in [0.25, 0.3) is 0 Å². The van der Waals surface area contributed by atoms with Crippen molar-refractivity contribution in [2.24, 2.45) is 0 Å². The van der Waals surface area contributed by atoms with Crippen LogP contribution in [-0.2, 0) is 13.9 Å². The molecule has 104 valence electrons. The van der Waals surface area contributed by atoms with Gasteiger partial charge in [-0.2, -0.15) is 0 Å². The summed E-state index contributed by atoms with van der Waals surface area (Å²) in [6.45, 7) is 0. The topological polar surface area (TPSA) is 96.7 Å². The molecule has 2 unspecified atom stereocenters. The van der Waals surface area contributed by atoms with Gasteiger partial charge in [0.25, 0.3) is 0 Å². The Morgan fingerprint density at radius 2 is 1.90 bits per heavy atom. The number of hydrogen-bond donors (Lipinski definition) is 2. The average Bonchev–Trinajstić information content (AvgIpc) is 2.46. The van der Waals surface area contributed by atoms with E-state index in [1.54, 1.807) is 18.2 Å². The second-order valence-electron chi connectivity index (χ2n) is 3.97. The highest BCUT2D eigenvalue weighted by molar-refractivity contribution is 7.61. The molecule has 0 spiro atoms. The first kappa shape index (κ1) is 14.4. The highest BCUT2D eigenvalue weighted by Gasteiger charge is 2.32. The Balaban J connectivity index is 2.30. The summed E-state index contributed by atoms with van der Waals surface area (Å²) >= 11 is 0. The first-order valence-electron chi connectivity index (χ1n) is 5.70. The molecule has 1 heterocycles. The second-order valence-corrected chi connectivity index (χ2v) is 5.73. The molecule has 6 nitrogen and oxygen atoms in total. The van der Waals surface area contributed by atoms with Crippen LogP contribution in [-0.4, -0.2) is 21.0 Å². The van der Waals surface area contributed by atoms with Gasteiger partial charge in [-0.25, -0.2) is 4.79 Å². The van der Waals surface area contributed by atoms with E-state index >= 15 is 0 Å². The first-order valence-corrected chi connectivity index (χ1v) is 7.28. The monoisotopic (exact) mass is 293 g/mol. The molecule has 0 saturated carbocycles. The van der Waals surface area contributed by atoms with Crippen LogP contribution in [0.5, 0.6) is 0 Å². The Morgan fingerprint density at radius 3 is 2.45 bits per heavy atom. The fraction of sp³-hybridized carbons (Fsp3) is 0.0769. The summed E-state index contributed by atoms with van der Waals surface area (Å²) in [5.74, 6) is -1.34. The van der Waals surface area contributed by atoms with E-state index in [0.29, 0.717) is 0 Å². The fourth-order valence-electron chi connectivity index (χ4n) is 1.60. The Kier molecular flexibility index (Phi) is 4.29. The molecule has 0 radical (unpaired) electrons. The quantitative estimate of drug-likeness (QED) is 0.815. The lowest BCUT2D eigenvalue weighted by molar-refractivity contribution is -0.145. The second kappa shape index (κ2) is 5.96. The zero-order valence-corrected chi connectivity index (χ0v) is 11.2. The zero-order chi connectivity index (χ0) is 14.6. The van der Waals surface area contributed by atoms with E-state index in [0.717, 1.165) is 0 Å². The number of hydrogen-bond acceptors (Lipinski definition) is 4. The highest BCUT2D eigenvalue weighted by atomic mass is 31.2. The van der Waals surface area contributed by atoms with Crippen LogP contribution in [0.1, 0.15) is 11.7 Å². The molecular formula is C13H12NO5P. The third kappa shape index (κ3) is 3.30. The van der Waals surface area contributed by atoms with Gasteiger partial charge >= 0.3 is 13.6 Å². The van der Waals surface area contributed by atoms with Gasteiger partial charge in [0.1, 0.15) is 0 Å². The highest BCUT2D eigenvalue weighted by Crippen LogP contribution is 2.45. The van der Waals surface area contributed by atoms with Crippen molar-refractivity contribution >= 4 is 18.9 Å². The van der Waals surface area contributed by atoms with Crippen molar-refractivity contribution in [3.8, 4) is 0 Å². The van der Waals surface area contributed by atoms with Crippen LogP contribution < -0.4 is 5.30 Å². The molecule has 0 aliphatic rings. The van der Waals surface area contributed by atoms with E-state index in [1.807, 2.05) is 0 Å². The normalized spacial score (nSPS) is 15.2. The van der Waals surface area contributed by atoms with Crippen molar-refractivity contribution in [1.82, 2.24) is 4.98 Å². The maximum absolute atomic E-state index is 12.1. The molecule has 20 heavy (non-hydrogen) atoms. The summed E-state index contributed by atoms with van der Waals surface area (Å²) in [6.07, 6.45) is 1.09. The number of benzene rings is 1. The van der Waals surface area contributed by atoms with Gasteiger partial charge < -0.3 is 10.00 Å². The van der Waals surface area contributed by atoms with Crippen LogP contribution in [0, 0.1) is 0 Å². The molecule has 2 atom stereocenters. The van der Waals surface area contributed by atoms with Gasteiger partial charge in [0.2, 0.25) is 0 Å². The van der Waals surface area contributed by atoms with E-state index in [-0.39, 0.29) is 10.9 Å². The maximum Gasteiger partial charge on any atom is 0.361 e. The molecule has 0 amide bonds. The Bertz CT molecular complexity index is 632. The van der Waals surface area contributed by atoms with Crippen molar-refractivity contribution < 1.29 is 23.9 Å². The van der Waals surface area contributed by atoms with Crippen LogP contribution in [0.15, 0.2) is 54.9 Å². The van der Waals surface area contributed by atoms with Crippen molar-refractivity contribution in [1.29, 1.82) is 0 Å². The van der Waals surface area contributed by atoms with Gasteiger partial charge in [-0.1, -0.05) is 30.3 Å². The number of nitrogens with zero attached hydrogens (tertiary/aromatic N) is 1. The molecule has 0 bridgehead atoms. The fourth-order valence-corrected chi connectivity index (χ4v) is 2.71. The summed E-state index contributed by atoms with van der Waals surface area (Å²) in [7, 11) is -4.26. The molecule has 2 rings (SSSR count). The lowest BCUT2D eigenvalue weighted by atomic mass is 10.1. The van der Waals surface area contributed by atoms with E-state index < -0.39 is 19.7 Å². The average molecular weight is 293 g/mol. The van der Waals surface area contributed by atoms with Crippen LogP contribution in [0.4, 0.5) is 0 Å². The number of carboxylic acids is 1. The molecule has 0 fully saturated rings. The third-order valence-electron chi connectivity index (χ3n) is 2.55. The van der Waals surface area contributed by atoms with Gasteiger partial charge in [-0.15, -0.1) is 0 Å². The van der Waals surface area contributed by atoms with Crippen LogP contribution >= 0.6 is 7.60 Å². The SMILES string of the molecule is O=C(O)C(OP(=O)(O)c1cccnc1)c1ccccc1. The largest absolute Gasteiger partial charge is 0.479 e. The molecule has 0 saturated heterocycles. The number of carbonyl (C=O) groups is 1. The first-order chi connectivity index (χ1) is 9.50. The van der Waals surface area contributed by atoms with E-state index in [4.69, 9.17) is 9.63 Å². The minimum atomic E-state index is -4.26. The van der Waals surface area contributed by atoms with Gasteiger partial charge in [-0.3, -0.25) is 14.1 Å². The molecule has 2 aromatic rings. The van der Waals surface area contributed by atoms with Crippen molar-refractivity contribution in [2.45, 2.75) is 6.10 Å². The molecule has 0 aliphatic carbocycles. The Hall–Kier alpha value is -2.01. The minimum absolute atomic E-state index is 0.0535. The summed E-state index contributed by atoms with van der Waals surface area (Å²) in [6, 6.07) is 10.8.